The van der Waals surface area contributed by atoms with Crippen molar-refractivity contribution in [3.05, 3.63) is 43.9 Å². The number of rotatable bonds is 3. The maximum atomic E-state index is 11.2. The summed E-state index contributed by atoms with van der Waals surface area (Å²) in [6.07, 6.45) is 1.57. The van der Waals surface area contributed by atoms with E-state index in [4.69, 9.17) is 23.2 Å². The first kappa shape index (κ1) is 12.7. The van der Waals surface area contributed by atoms with Crippen LogP contribution in [-0.4, -0.2) is 19.5 Å². The highest BCUT2D eigenvalue weighted by Crippen LogP contribution is 2.20. The van der Waals surface area contributed by atoms with Gasteiger partial charge in [-0.1, -0.05) is 22.9 Å². The highest BCUT2D eigenvalue weighted by Gasteiger charge is 2.12. The van der Waals surface area contributed by atoms with Gasteiger partial charge >= 0.3 is 4.87 Å². The normalized spacial score (nSPS) is 11.3. The number of pyridine rings is 1. The summed E-state index contributed by atoms with van der Waals surface area (Å²) in [5, 5.41) is 2.31. The first-order chi connectivity index (χ1) is 9.17. The molecule has 0 amide bonds. The molecular formula is C11H8Cl2N4OS. The van der Waals surface area contributed by atoms with Gasteiger partial charge < -0.3 is 9.55 Å². The van der Waals surface area contributed by atoms with Crippen LogP contribution in [0.25, 0.3) is 11.2 Å². The zero-order chi connectivity index (χ0) is 13.4. The van der Waals surface area contributed by atoms with E-state index in [1.165, 1.54) is 0 Å². The maximum Gasteiger partial charge on any atom is 0.304 e. The number of nitrogens with zero attached hydrogens (tertiary/aromatic N) is 3. The molecule has 3 aromatic heterocycles. The molecule has 19 heavy (non-hydrogen) atoms. The first-order valence-corrected chi connectivity index (χ1v) is 7.20. The maximum absolute atomic E-state index is 11.2. The summed E-state index contributed by atoms with van der Waals surface area (Å²) in [6.45, 7) is 0.478. The average molecular weight is 315 g/mol. The lowest BCUT2D eigenvalue weighted by Gasteiger charge is -2.04. The predicted molar refractivity (Wildman–Crippen MR) is 76.1 cm³/mol. The van der Waals surface area contributed by atoms with Gasteiger partial charge in [0.05, 0.1) is 17.4 Å². The van der Waals surface area contributed by atoms with Crippen molar-refractivity contribution >= 4 is 45.7 Å². The summed E-state index contributed by atoms with van der Waals surface area (Å²) in [5.74, 6) is 0.959. The number of hydrogen-bond acceptors (Lipinski definition) is 4. The van der Waals surface area contributed by atoms with Crippen LogP contribution in [-0.2, 0) is 12.4 Å². The van der Waals surface area contributed by atoms with E-state index in [2.05, 4.69) is 15.0 Å². The van der Waals surface area contributed by atoms with Gasteiger partial charge in [0.1, 0.15) is 11.3 Å². The second kappa shape index (κ2) is 4.96. The van der Waals surface area contributed by atoms with Crippen LogP contribution in [0.5, 0.6) is 0 Å². The van der Waals surface area contributed by atoms with Crippen molar-refractivity contribution in [3.63, 3.8) is 0 Å². The van der Waals surface area contributed by atoms with Crippen LogP contribution in [0, 0.1) is 0 Å². The van der Waals surface area contributed by atoms with Crippen LogP contribution in [0.2, 0.25) is 5.02 Å². The molecule has 3 aromatic rings. The molecule has 3 rings (SSSR count). The number of thiazole rings is 1. The van der Waals surface area contributed by atoms with Gasteiger partial charge in [0.2, 0.25) is 0 Å². The third-order valence-electron chi connectivity index (χ3n) is 2.65. The Morgan fingerprint density at radius 3 is 3.00 bits per heavy atom. The molecule has 0 saturated heterocycles. The van der Waals surface area contributed by atoms with Crippen molar-refractivity contribution in [1.82, 2.24) is 19.5 Å². The van der Waals surface area contributed by atoms with Crippen LogP contribution in [0.1, 0.15) is 11.5 Å². The van der Waals surface area contributed by atoms with Gasteiger partial charge in [-0.2, -0.15) is 0 Å². The van der Waals surface area contributed by atoms with E-state index in [-0.39, 0.29) is 10.8 Å². The van der Waals surface area contributed by atoms with Gasteiger partial charge in [0, 0.05) is 17.3 Å². The Hall–Kier alpha value is -1.37. The Morgan fingerprint density at radius 1 is 1.47 bits per heavy atom. The Labute approximate surface area is 121 Å². The molecule has 0 saturated carbocycles. The topological polar surface area (TPSA) is 63.6 Å². The molecule has 0 aliphatic rings. The third-order valence-corrected chi connectivity index (χ3v) is 3.81. The van der Waals surface area contributed by atoms with Crippen LogP contribution in [0.4, 0.5) is 0 Å². The molecule has 0 bridgehead atoms. The summed E-state index contributed by atoms with van der Waals surface area (Å²) in [5.41, 5.74) is 2.20. The summed E-state index contributed by atoms with van der Waals surface area (Å²) in [6, 6.07) is 1.74. The van der Waals surface area contributed by atoms with Gasteiger partial charge in [-0.25, -0.2) is 9.97 Å². The molecule has 0 fully saturated rings. The smallest absolute Gasteiger partial charge is 0.304 e. The predicted octanol–water partition coefficient (Wildman–Crippen LogP) is 2.62. The van der Waals surface area contributed by atoms with E-state index in [1.54, 1.807) is 17.6 Å². The highest BCUT2D eigenvalue weighted by atomic mass is 35.5. The zero-order valence-corrected chi connectivity index (χ0v) is 11.9. The van der Waals surface area contributed by atoms with Crippen LogP contribution in [0.15, 0.2) is 22.4 Å². The fourth-order valence-electron chi connectivity index (χ4n) is 1.86. The Kier molecular flexibility index (Phi) is 3.30. The van der Waals surface area contributed by atoms with Gasteiger partial charge in [-0.15, -0.1) is 11.6 Å². The first-order valence-electron chi connectivity index (χ1n) is 5.40. The number of nitrogens with one attached hydrogen (secondary N) is 1. The van der Waals surface area contributed by atoms with E-state index in [1.807, 2.05) is 4.57 Å². The fraction of sp³-hybridized carbons (Fsp3) is 0.182. The summed E-state index contributed by atoms with van der Waals surface area (Å²) in [7, 11) is 0. The molecule has 98 valence electrons. The molecule has 0 unspecified atom stereocenters. The van der Waals surface area contributed by atoms with E-state index < -0.39 is 0 Å². The lowest BCUT2D eigenvalue weighted by Crippen LogP contribution is -2.06. The van der Waals surface area contributed by atoms with Gasteiger partial charge in [0.25, 0.3) is 0 Å². The molecule has 8 heteroatoms. The van der Waals surface area contributed by atoms with Crippen molar-refractivity contribution in [2.75, 3.05) is 0 Å². The molecule has 1 N–H and O–H groups in total. The second-order valence-corrected chi connectivity index (χ2v) is 5.46. The number of aromatic amines is 1. The number of H-pyrrole nitrogens is 1. The summed E-state index contributed by atoms with van der Waals surface area (Å²) >= 11 is 12.9. The van der Waals surface area contributed by atoms with Gasteiger partial charge in [0.15, 0.2) is 5.65 Å². The number of fused-ring (bicyclic) bond motifs is 1. The lowest BCUT2D eigenvalue weighted by atomic mass is 10.4. The van der Waals surface area contributed by atoms with E-state index >= 15 is 0 Å². The molecule has 0 spiro atoms. The Bertz CT molecular complexity index is 791. The third kappa shape index (κ3) is 2.39. The molecular weight excluding hydrogens is 307 g/mol. The molecule has 3 heterocycles. The molecule has 0 aliphatic carbocycles. The van der Waals surface area contributed by atoms with Crippen LogP contribution in [0.3, 0.4) is 0 Å². The molecule has 5 nitrogen and oxygen atoms in total. The quantitative estimate of drug-likeness (QED) is 0.756. The van der Waals surface area contributed by atoms with Crippen LogP contribution < -0.4 is 4.87 Å². The minimum absolute atomic E-state index is 0.0807. The monoisotopic (exact) mass is 314 g/mol. The lowest BCUT2D eigenvalue weighted by molar-refractivity contribution is 0.754. The van der Waals surface area contributed by atoms with E-state index in [0.29, 0.717) is 28.6 Å². The number of imidazole rings is 1. The standard InChI is InChI=1S/C11H8Cl2N4OS/c12-2-9-16-8-1-6(13)3-14-10(8)17(9)4-7-5-19-11(18)15-7/h1,3,5H,2,4H2,(H,15,18). The van der Waals surface area contributed by atoms with Gasteiger partial charge in [-0.3, -0.25) is 4.79 Å². The largest absolute Gasteiger partial charge is 0.315 e. The van der Waals surface area contributed by atoms with Crippen molar-refractivity contribution in [1.29, 1.82) is 0 Å². The number of hydrogen-bond donors (Lipinski definition) is 1. The molecule has 0 radical (unpaired) electrons. The Morgan fingerprint density at radius 2 is 2.32 bits per heavy atom. The fourth-order valence-corrected chi connectivity index (χ4v) is 2.79. The van der Waals surface area contributed by atoms with Crippen molar-refractivity contribution in [2.45, 2.75) is 12.4 Å². The van der Waals surface area contributed by atoms with E-state index in [0.717, 1.165) is 17.0 Å². The second-order valence-electron chi connectivity index (χ2n) is 3.92. The average Bonchev–Trinajstić information content (AvgIpc) is 2.94. The van der Waals surface area contributed by atoms with Crippen molar-refractivity contribution < 1.29 is 0 Å². The summed E-state index contributed by atoms with van der Waals surface area (Å²) < 4.78 is 1.87. The molecule has 0 atom stereocenters. The zero-order valence-electron chi connectivity index (χ0n) is 9.56. The Balaban J connectivity index is 2.12. The number of halogens is 2. The minimum Gasteiger partial charge on any atom is -0.315 e. The van der Waals surface area contributed by atoms with E-state index in [9.17, 15) is 4.79 Å². The van der Waals surface area contributed by atoms with Crippen molar-refractivity contribution in [2.24, 2.45) is 0 Å². The van der Waals surface area contributed by atoms with Crippen LogP contribution >= 0.6 is 34.5 Å². The number of aromatic nitrogens is 4. The van der Waals surface area contributed by atoms with Crippen molar-refractivity contribution in [3.8, 4) is 0 Å². The number of alkyl halides is 1. The SMILES string of the molecule is O=c1[nH]c(Cn2c(CCl)nc3cc(Cl)cnc32)cs1. The molecule has 0 aromatic carbocycles. The molecule has 0 aliphatic heterocycles. The summed E-state index contributed by atoms with van der Waals surface area (Å²) in [4.78, 5) is 22.5. The minimum atomic E-state index is -0.0807. The highest BCUT2D eigenvalue weighted by molar-refractivity contribution is 7.07. The van der Waals surface area contributed by atoms with Gasteiger partial charge in [-0.05, 0) is 6.07 Å².